The van der Waals surface area contributed by atoms with Crippen molar-refractivity contribution >= 4 is 6.09 Å². The van der Waals surface area contributed by atoms with Crippen LogP contribution in [0.1, 0.15) is 11.9 Å². The van der Waals surface area contributed by atoms with E-state index < -0.39 is 18.9 Å². The van der Waals surface area contributed by atoms with Crippen molar-refractivity contribution in [3.8, 4) is 0 Å². The lowest BCUT2D eigenvalue weighted by molar-refractivity contribution is 0.118. The highest BCUT2D eigenvalue weighted by Gasteiger charge is 2.11. The van der Waals surface area contributed by atoms with Crippen LogP contribution in [-0.4, -0.2) is 17.7 Å². The molecular weight excluding hydrogens is 175 g/mol. The van der Waals surface area contributed by atoms with E-state index in [0.717, 1.165) is 0 Å². The number of nitrogens with two attached hydrogens (primary N) is 1. The van der Waals surface area contributed by atoms with Crippen LogP contribution < -0.4 is 5.73 Å². The molecule has 1 atom stereocenters. The zero-order valence-electron chi connectivity index (χ0n) is 6.81. The van der Waals surface area contributed by atoms with Crippen molar-refractivity contribution in [2.24, 2.45) is 5.73 Å². The van der Waals surface area contributed by atoms with E-state index in [0.29, 0.717) is 0 Å². The summed E-state index contributed by atoms with van der Waals surface area (Å²) in [6.07, 6.45) is -0.945. The van der Waals surface area contributed by atoms with Gasteiger partial charge >= 0.3 is 6.09 Å². The number of alkyl halides is 1. The standard InChI is InChI=1S/C8H9FN2O2/c9-6(5-13-8(10)12)7-3-1-2-4-11-7/h1-4,6H,5H2,(H2,10,12). The summed E-state index contributed by atoms with van der Waals surface area (Å²) < 4.78 is 17.4. The summed E-state index contributed by atoms with van der Waals surface area (Å²) >= 11 is 0. The Labute approximate surface area is 74.5 Å². The monoisotopic (exact) mass is 184 g/mol. The van der Waals surface area contributed by atoms with E-state index >= 15 is 0 Å². The van der Waals surface area contributed by atoms with Crippen molar-refractivity contribution in [2.45, 2.75) is 6.17 Å². The molecule has 1 unspecified atom stereocenters. The summed E-state index contributed by atoms with van der Waals surface area (Å²) in [5.74, 6) is 0. The second-order valence-corrected chi connectivity index (χ2v) is 2.35. The summed E-state index contributed by atoms with van der Waals surface area (Å²) in [4.78, 5) is 13.9. The number of hydrogen-bond acceptors (Lipinski definition) is 3. The first kappa shape index (κ1) is 9.44. The fraction of sp³-hybridized carbons (Fsp3) is 0.250. The molecule has 4 nitrogen and oxygen atoms in total. The van der Waals surface area contributed by atoms with Crippen LogP contribution >= 0.6 is 0 Å². The van der Waals surface area contributed by atoms with Gasteiger partial charge in [0.05, 0.1) is 5.69 Å². The number of nitrogens with zero attached hydrogens (tertiary/aromatic N) is 1. The number of rotatable bonds is 3. The average Bonchev–Trinajstić information content (AvgIpc) is 2.15. The Morgan fingerprint density at radius 1 is 1.69 bits per heavy atom. The molecule has 1 heterocycles. The van der Waals surface area contributed by atoms with Gasteiger partial charge in [0.1, 0.15) is 6.61 Å². The maximum Gasteiger partial charge on any atom is 0.404 e. The number of amides is 1. The molecule has 0 aliphatic rings. The van der Waals surface area contributed by atoms with E-state index in [1.54, 1.807) is 12.1 Å². The fourth-order valence-electron chi connectivity index (χ4n) is 0.802. The first-order chi connectivity index (χ1) is 6.20. The van der Waals surface area contributed by atoms with Crippen molar-refractivity contribution in [3.05, 3.63) is 30.1 Å². The van der Waals surface area contributed by atoms with Crippen LogP contribution in [0.5, 0.6) is 0 Å². The number of halogens is 1. The van der Waals surface area contributed by atoms with Crippen molar-refractivity contribution in [1.82, 2.24) is 4.98 Å². The molecule has 0 aromatic carbocycles. The molecule has 1 aromatic heterocycles. The van der Waals surface area contributed by atoms with E-state index in [1.165, 1.54) is 12.3 Å². The highest BCUT2D eigenvalue weighted by molar-refractivity contribution is 5.64. The summed E-state index contributed by atoms with van der Waals surface area (Å²) in [6, 6.07) is 4.83. The number of primary amides is 1. The predicted molar refractivity (Wildman–Crippen MR) is 43.6 cm³/mol. The molecule has 5 heteroatoms. The number of aromatic nitrogens is 1. The van der Waals surface area contributed by atoms with Gasteiger partial charge in [-0.3, -0.25) is 4.98 Å². The molecular formula is C8H9FN2O2. The largest absolute Gasteiger partial charge is 0.446 e. The van der Waals surface area contributed by atoms with Crippen molar-refractivity contribution < 1.29 is 13.9 Å². The van der Waals surface area contributed by atoms with E-state index in [2.05, 4.69) is 15.5 Å². The van der Waals surface area contributed by atoms with Crippen LogP contribution in [-0.2, 0) is 4.74 Å². The topological polar surface area (TPSA) is 65.2 Å². The Kier molecular flexibility index (Phi) is 3.19. The SMILES string of the molecule is NC(=O)OCC(F)c1ccccn1. The minimum Gasteiger partial charge on any atom is -0.446 e. The highest BCUT2D eigenvalue weighted by Crippen LogP contribution is 2.13. The van der Waals surface area contributed by atoms with Gasteiger partial charge in [-0.15, -0.1) is 0 Å². The van der Waals surface area contributed by atoms with Crippen LogP contribution in [0.15, 0.2) is 24.4 Å². The van der Waals surface area contributed by atoms with Crippen LogP contribution in [0.2, 0.25) is 0 Å². The van der Waals surface area contributed by atoms with Gasteiger partial charge < -0.3 is 10.5 Å². The van der Waals surface area contributed by atoms with E-state index in [1.807, 2.05) is 0 Å². The zero-order valence-corrected chi connectivity index (χ0v) is 6.81. The molecule has 1 aromatic rings. The number of carbonyl (C=O) groups excluding carboxylic acids is 1. The molecule has 0 aliphatic carbocycles. The third kappa shape index (κ3) is 3.06. The van der Waals surface area contributed by atoms with Gasteiger partial charge in [-0.25, -0.2) is 9.18 Å². The molecule has 0 bridgehead atoms. The number of carbonyl (C=O) groups is 1. The van der Waals surface area contributed by atoms with Crippen molar-refractivity contribution in [2.75, 3.05) is 6.61 Å². The molecule has 0 aliphatic heterocycles. The van der Waals surface area contributed by atoms with Gasteiger partial charge in [-0.05, 0) is 12.1 Å². The lowest BCUT2D eigenvalue weighted by Gasteiger charge is -2.06. The smallest absolute Gasteiger partial charge is 0.404 e. The molecule has 2 N–H and O–H groups in total. The van der Waals surface area contributed by atoms with Gasteiger partial charge in [-0.2, -0.15) is 0 Å². The van der Waals surface area contributed by atoms with Gasteiger partial charge in [0, 0.05) is 6.20 Å². The molecule has 0 radical (unpaired) electrons. The Morgan fingerprint density at radius 2 is 2.46 bits per heavy atom. The molecule has 0 fully saturated rings. The lowest BCUT2D eigenvalue weighted by atomic mass is 10.2. The third-order valence-corrected chi connectivity index (χ3v) is 1.38. The van der Waals surface area contributed by atoms with Gasteiger partial charge in [0.25, 0.3) is 0 Å². The highest BCUT2D eigenvalue weighted by atomic mass is 19.1. The maximum atomic E-state index is 13.1. The van der Waals surface area contributed by atoms with E-state index in [9.17, 15) is 9.18 Å². The Bertz CT molecular complexity index is 279. The average molecular weight is 184 g/mol. The Hall–Kier alpha value is -1.65. The molecule has 0 spiro atoms. The second kappa shape index (κ2) is 4.39. The van der Waals surface area contributed by atoms with Crippen LogP contribution in [0.4, 0.5) is 9.18 Å². The van der Waals surface area contributed by atoms with Gasteiger partial charge in [0.2, 0.25) is 0 Å². The van der Waals surface area contributed by atoms with Gasteiger partial charge in [0.15, 0.2) is 6.17 Å². The number of ether oxygens (including phenoxy) is 1. The van der Waals surface area contributed by atoms with Crippen LogP contribution in [0.25, 0.3) is 0 Å². The minimum atomic E-state index is -1.42. The molecule has 0 saturated heterocycles. The Balaban J connectivity index is 2.49. The number of hydrogen-bond donors (Lipinski definition) is 1. The predicted octanol–water partition coefficient (Wildman–Crippen LogP) is 1.19. The lowest BCUT2D eigenvalue weighted by Crippen LogP contribution is -2.16. The summed E-state index contributed by atoms with van der Waals surface area (Å²) in [5, 5.41) is 0. The first-order valence-electron chi connectivity index (χ1n) is 3.67. The fourth-order valence-corrected chi connectivity index (χ4v) is 0.802. The second-order valence-electron chi connectivity index (χ2n) is 2.35. The molecule has 1 rings (SSSR count). The first-order valence-corrected chi connectivity index (χ1v) is 3.67. The molecule has 13 heavy (non-hydrogen) atoms. The Morgan fingerprint density at radius 3 is 3.00 bits per heavy atom. The zero-order chi connectivity index (χ0) is 9.68. The quantitative estimate of drug-likeness (QED) is 0.767. The number of pyridine rings is 1. The van der Waals surface area contributed by atoms with Crippen LogP contribution in [0, 0.1) is 0 Å². The maximum absolute atomic E-state index is 13.1. The molecule has 0 saturated carbocycles. The van der Waals surface area contributed by atoms with Crippen LogP contribution in [0.3, 0.4) is 0 Å². The summed E-state index contributed by atoms with van der Waals surface area (Å²) in [7, 11) is 0. The third-order valence-electron chi connectivity index (χ3n) is 1.38. The molecule has 70 valence electrons. The minimum absolute atomic E-state index is 0.226. The van der Waals surface area contributed by atoms with Crippen molar-refractivity contribution in [3.63, 3.8) is 0 Å². The van der Waals surface area contributed by atoms with E-state index in [-0.39, 0.29) is 5.69 Å². The molecule has 1 amide bonds. The van der Waals surface area contributed by atoms with Crippen molar-refractivity contribution in [1.29, 1.82) is 0 Å². The normalized spacial score (nSPS) is 12.1. The summed E-state index contributed by atoms with van der Waals surface area (Å²) in [6.45, 7) is -0.396. The van der Waals surface area contributed by atoms with E-state index in [4.69, 9.17) is 0 Å². The summed E-state index contributed by atoms with van der Waals surface area (Å²) in [5.41, 5.74) is 4.90. The van der Waals surface area contributed by atoms with Gasteiger partial charge in [-0.1, -0.05) is 6.07 Å².